The monoisotopic (exact) mass is 392 g/mol. The summed E-state index contributed by atoms with van der Waals surface area (Å²) in [5, 5.41) is 0. The Bertz CT molecular complexity index is 422. The minimum absolute atomic E-state index is 0.470. The Kier molecular flexibility index (Phi) is 20.6. The van der Waals surface area contributed by atoms with E-state index in [1.807, 2.05) is 0 Å². The standard InChI is InChI=1S/C25H44O3/c1-4-5-6-7-8-9-10-11-12-13-14-15-16-17-18-19-22-27-25(26)28-23-20-21-24(2)3/h5-6,8-9,11-12,24H,4,7,10,13-23H2,1-3H3. The van der Waals surface area contributed by atoms with Gasteiger partial charge in [0.15, 0.2) is 0 Å². The maximum absolute atomic E-state index is 11.4. The SMILES string of the molecule is CCC=CCC=CCC=CCCCCCCCCOC(=O)OCCCC(C)C. The van der Waals surface area contributed by atoms with Crippen LogP contribution in [-0.2, 0) is 9.47 Å². The van der Waals surface area contributed by atoms with E-state index in [4.69, 9.17) is 9.47 Å². The number of ether oxygens (including phenoxy) is 2. The van der Waals surface area contributed by atoms with Crippen LogP contribution < -0.4 is 0 Å². The zero-order valence-electron chi connectivity index (χ0n) is 18.7. The summed E-state index contributed by atoms with van der Waals surface area (Å²) in [6.45, 7) is 7.45. The van der Waals surface area contributed by atoms with Crippen LogP contribution >= 0.6 is 0 Å². The highest BCUT2D eigenvalue weighted by Crippen LogP contribution is 2.08. The summed E-state index contributed by atoms with van der Waals surface area (Å²) >= 11 is 0. The molecule has 0 saturated heterocycles. The minimum Gasteiger partial charge on any atom is -0.434 e. The molecule has 0 N–H and O–H groups in total. The maximum atomic E-state index is 11.4. The fourth-order valence-corrected chi connectivity index (χ4v) is 2.74. The predicted octanol–water partition coefficient (Wildman–Crippen LogP) is 8.17. The normalized spacial score (nSPS) is 12.0. The van der Waals surface area contributed by atoms with Crippen molar-refractivity contribution in [1.82, 2.24) is 0 Å². The highest BCUT2D eigenvalue weighted by molar-refractivity contribution is 5.59. The van der Waals surface area contributed by atoms with Crippen LogP contribution in [0.1, 0.15) is 97.8 Å². The molecule has 0 atom stereocenters. The molecule has 0 spiro atoms. The van der Waals surface area contributed by atoms with E-state index in [1.54, 1.807) is 0 Å². The molecule has 3 nitrogen and oxygen atoms in total. The van der Waals surface area contributed by atoms with Crippen LogP contribution in [0.25, 0.3) is 0 Å². The van der Waals surface area contributed by atoms with E-state index in [0.717, 1.165) is 44.9 Å². The van der Waals surface area contributed by atoms with Crippen LogP contribution in [-0.4, -0.2) is 19.4 Å². The number of carbonyl (C=O) groups excluding carboxylic acids is 1. The van der Waals surface area contributed by atoms with Gasteiger partial charge in [0, 0.05) is 0 Å². The van der Waals surface area contributed by atoms with Gasteiger partial charge in [0.2, 0.25) is 0 Å². The Labute approximate surface area is 174 Å². The summed E-state index contributed by atoms with van der Waals surface area (Å²) in [4.78, 5) is 11.4. The Balaban J connectivity index is 3.27. The molecule has 0 aliphatic rings. The summed E-state index contributed by atoms with van der Waals surface area (Å²) in [5.41, 5.74) is 0. The molecule has 0 saturated carbocycles. The molecule has 0 amide bonds. The van der Waals surface area contributed by atoms with Crippen molar-refractivity contribution < 1.29 is 14.3 Å². The van der Waals surface area contributed by atoms with Crippen molar-refractivity contribution in [3.63, 3.8) is 0 Å². The van der Waals surface area contributed by atoms with Crippen LogP contribution in [0.5, 0.6) is 0 Å². The summed E-state index contributed by atoms with van der Waals surface area (Å²) in [7, 11) is 0. The highest BCUT2D eigenvalue weighted by atomic mass is 16.7. The lowest BCUT2D eigenvalue weighted by Gasteiger charge is -2.07. The van der Waals surface area contributed by atoms with Crippen LogP contribution in [0.3, 0.4) is 0 Å². The first-order chi connectivity index (χ1) is 13.7. The van der Waals surface area contributed by atoms with Crippen molar-refractivity contribution in [2.75, 3.05) is 13.2 Å². The van der Waals surface area contributed by atoms with Crippen LogP contribution in [0.4, 0.5) is 4.79 Å². The molecule has 162 valence electrons. The van der Waals surface area contributed by atoms with Gasteiger partial charge < -0.3 is 9.47 Å². The average Bonchev–Trinajstić information content (AvgIpc) is 2.67. The Morgan fingerprint density at radius 2 is 1.25 bits per heavy atom. The quantitative estimate of drug-likeness (QED) is 0.134. The fraction of sp³-hybridized carbons (Fsp3) is 0.720. The molecule has 0 aromatic rings. The molecule has 3 heteroatoms. The second kappa shape index (κ2) is 21.8. The number of hydrogen-bond acceptors (Lipinski definition) is 3. The highest BCUT2D eigenvalue weighted by Gasteiger charge is 2.03. The molecule has 0 radical (unpaired) electrons. The van der Waals surface area contributed by atoms with Gasteiger partial charge in [-0.3, -0.25) is 0 Å². The topological polar surface area (TPSA) is 35.5 Å². The van der Waals surface area contributed by atoms with Crippen LogP contribution in [0.2, 0.25) is 0 Å². The van der Waals surface area contributed by atoms with Gasteiger partial charge in [-0.25, -0.2) is 4.79 Å². The number of hydrogen-bond donors (Lipinski definition) is 0. The first kappa shape index (κ1) is 26.5. The summed E-state index contributed by atoms with van der Waals surface area (Å²) < 4.78 is 10.1. The first-order valence-corrected chi connectivity index (χ1v) is 11.4. The van der Waals surface area contributed by atoms with Crippen molar-refractivity contribution in [1.29, 1.82) is 0 Å². The van der Waals surface area contributed by atoms with E-state index < -0.39 is 6.16 Å². The van der Waals surface area contributed by atoms with Gasteiger partial charge in [0.25, 0.3) is 0 Å². The summed E-state index contributed by atoms with van der Waals surface area (Å²) in [6, 6.07) is 0. The van der Waals surface area contributed by atoms with E-state index in [0.29, 0.717) is 19.1 Å². The molecule has 0 fully saturated rings. The van der Waals surface area contributed by atoms with Crippen LogP contribution in [0.15, 0.2) is 36.5 Å². The lowest BCUT2D eigenvalue weighted by molar-refractivity contribution is 0.0524. The first-order valence-electron chi connectivity index (χ1n) is 11.4. The van der Waals surface area contributed by atoms with Gasteiger partial charge in [-0.05, 0) is 57.3 Å². The van der Waals surface area contributed by atoms with Gasteiger partial charge >= 0.3 is 6.16 Å². The Hall–Kier alpha value is -1.51. The number of allylic oxidation sites excluding steroid dienone is 6. The second-order valence-electron chi connectivity index (χ2n) is 7.69. The van der Waals surface area contributed by atoms with Crippen molar-refractivity contribution in [3.8, 4) is 0 Å². The number of unbranched alkanes of at least 4 members (excludes halogenated alkanes) is 6. The maximum Gasteiger partial charge on any atom is 0.508 e. The smallest absolute Gasteiger partial charge is 0.434 e. The van der Waals surface area contributed by atoms with E-state index in [9.17, 15) is 4.79 Å². The van der Waals surface area contributed by atoms with Gasteiger partial charge in [0.05, 0.1) is 13.2 Å². The van der Waals surface area contributed by atoms with E-state index in [1.165, 1.54) is 32.1 Å². The van der Waals surface area contributed by atoms with E-state index >= 15 is 0 Å². The zero-order valence-corrected chi connectivity index (χ0v) is 18.7. The molecule has 28 heavy (non-hydrogen) atoms. The molecular weight excluding hydrogens is 348 g/mol. The molecule has 0 aromatic carbocycles. The Morgan fingerprint density at radius 3 is 1.89 bits per heavy atom. The Morgan fingerprint density at radius 1 is 0.714 bits per heavy atom. The van der Waals surface area contributed by atoms with Gasteiger partial charge in [0.1, 0.15) is 0 Å². The largest absolute Gasteiger partial charge is 0.508 e. The van der Waals surface area contributed by atoms with Gasteiger partial charge in [-0.2, -0.15) is 0 Å². The molecular formula is C25H44O3. The third kappa shape index (κ3) is 22.5. The molecule has 0 aliphatic carbocycles. The predicted molar refractivity (Wildman–Crippen MR) is 121 cm³/mol. The summed E-state index contributed by atoms with van der Waals surface area (Å²) in [6.07, 6.45) is 26.4. The minimum atomic E-state index is -0.511. The third-order valence-corrected chi connectivity index (χ3v) is 4.41. The average molecular weight is 393 g/mol. The second-order valence-corrected chi connectivity index (χ2v) is 7.69. The van der Waals surface area contributed by atoms with Crippen molar-refractivity contribution in [3.05, 3.63) is 36.5 Å². The van der Waals surface area contributed by atoms with E-state index in [-0.39, 0.29) is 0 Å². The molecule has 0 unspecified atom stereocenters. The molecule has 0 heterocycles. The van der Waals surface area contributed by atoms with Crippen molar-refractivity contribution in [2.45, 2.75) is 97.8 Å². The number of rotatable bonds is 18. The molecule has 0 aromatic heterocycles. The van der Waals surface area contributed by atoms with Gasteiger partial charge in [-0.1, -0.05) is 82.9 Å². The lowest BCUT2D eigenvalue weighted by atomic mass is 10.1. The van der Waals surface area contributed by atoms with Gasteiger partial charge in [-0.15, -0.1) is 0 Å². The van der Waals surface area contributed by atoms with Crippen molar-refractivity contribution >= 4 is 6.16 Å². The number of carbonyl (C=O) groups is 1. The lowest BCUT2D eigenvalue weighted by Crippen LogP contribution is -2.09. The van der Waals surface area contributed by atoms with E-state index in [2.05, 4.69) is 57.2 Å². The van der Waals surface area contributed by atoms with Crippen LogP contribution in [0, 0.1) is 5.92 Å². The third-order valence-electron chi connectivity index (χ3n) is 4.41. The summed E-state index contributed by atoms with van der Waals surface area (Å²) in [5.74, 6) is 0.649. The molecule has 0 bridgehead atoms. The molecule has 0 rings (SSSR count). The fourth-order valence-electron chi connectivity index (χ4n) is 2.74. The van der Waals surface area contributed by atoms with Crippen molar-refractivity contribution in [2.24, 2.45) is 5.92 Å². The zero-order chi connectivity index (χ0) is 20.7. The molecule has 0 aliphatic heterocycles.